The van der Waals surface area contributed by atoms with Crippen molar-refractivity contribution < 1.29 is 14.3 Å². The van der Waals surface area contributed by atoms with Crippen LogP contribution in [-0.4, -0.2) is 25.2 Å². The van der Waals surface area contributed by atoms with E-state index in [1.807, 2.05) is 18.2 Å². The third kappa shape index (κ3) is 3.63. The zero-order chi connectivity index (χ0) is 13.8. The Labute approximate surface area is 116 Å². The van der Waals surface area contributed by atoms with Crippen molar-refractivity contribution in [2.45, 2.75) is 26.3 Å². The third-order valence-corrected chi connectivity index (χ3v) is 2.89. The Bertz CT molecular complexity index is 432. The number of hydrogen-bond acceptors (Lipinski definition) is 4. The Kier molecular flexibility index (Phi) is 5.02. The summed E-state index contributed by atoms with van der Waals surface area (Å²) in [7, 11) is 1.59. The molecular formula is C13H18BrNO3. The van der Waals surface area contributed by atoms with Gasteiger partial charge in [-0.3, -0.25) is 0 Å². The van der Waals surface area contributed by atoms with Crippen molar-refractivity contribution in [2.75, 3.05) is 19.0 Å². The van der Waals surface area contributed by atoms with E-state index in [4.69, 9.17) is 9.47 Å². The van der Waals surface area contributed by atoms with E-state index >= 15 is 0 Å². The molecule has 1 aromatic rings. The zero-order valence-corrected chi connectivity index (χ0v) is 12.6. The molecule has 0 aromatic heterocycles. The van der Waals surface area contributed by atoms with Crippen molar-refractivity contribution in [1.29, 1.82) is 0 Å². The number of rotatable bonds is 5. The van der Waals surface area contributed by atoms with E-state index in [9.17, 15) is 4.79 Å². The zero-order valence-electron chi connectivity index (χ0n) is 11.0. The van der Waals surface area contributed by atoms with Gasteiger partial charge in [0.25, 0.3) is 0 Å². The quantitative estimate of drug-likeness (QED) is 0.848. The van der Waals surface area contributed by atoms with Crippen molar-refractivity contribution in [3.05, 3.63) is 22.7 Å². The highest BCUT2D eigenvalue weighted by Crippen LogP contribution is 2.30. The first-order chi connectivity index (χ1) is 8.40. The van der Waals surface area contributed by atoms with Crippen molar-refractivity contribution in [3.63, 3.8) is 0 Å². The summed E-state index contributed by atoms with van der Waals surface area (Å²) in [5, 5.41) is 3.13. The fraction of sp³-hybridized carbons (Fsp3) is 0.462. The second-order valence-corrected chi connectivity index (χ2v) is 5.23. The molecule has 0 aliphatic carbocycles. The van der Waals surface area contributed by atoms with Crippen molar-refractivity contribution in [1.82, 2.24) is 0 Å². The second kappa shape index (κ2) is 6.09. The van der Waals surface area contributed by atoms with Crippen LogP contribution < -0.4 is 10.1 Å². The van der Waals surface area contributed by atoms with Gasteiger partial charge in [0, 0.05) is 4.47 Å². The molecule has 0 saturated heterocycles. The summed E-state index contributed by atoms with van der Waals surface area (Å²) < 4.78 is 11.2. The van der Waals surface area contributed by atoms with E-state index in [-0.39, 0.29) is 5.97 Å². The Morgan fingerprint density at radius 2 is 2.11 bits per heavy atom. The lowest BCUT2D eigenvalue weighted by Crippen LogP contribution is -2.41. The minimum Gasteiger partial charge on any atom is -0.495 e. The number of ether oxygens (including phenoxy) is 2. The Hall–Kier alpha value is -1.23. The fourth-order valence-electron chi connectivity index (χ4n) is 1.48. The first-order valence-corrected chi connectivity index (χ1v) is 6.49. The van der Waals surface area contributed by atoms with Gasteiger partial charge in [0.2, 0.25) is 0 Å². The molecule has 5 heteroatoms. The molecule has 0 aliphatic heterocycles. The predicted octanol–water partition coefficient (Wildman–Crippen LogP) is 3.21. The van der Waals surface area contributed by atoms with Crippen LogP contribution in [0.1, 0.15) is 20.8 Å². The molecule has 0 bridgehead atoms. The molecule has 4 nitrogen and oxygen atoms in total. The molecule has 0 heterocycles. The molecule has 0 unspecified atom stereocenters. The summed E-state index contributed by atoms with van der Waals surface area (Å²) in [4.78, 5) is 11.8. The predicted molar refractivity (Wildman–Crippen MR) is 75.0 cm³/mol. The maximum absolute atomic E-state index is 11.8. The molecular weight excluding hydrogens is 298 g/mol. The van der Waals surface area contributed by atoms with E-state index in [1.54, 1.807) is 27.9 Å². The monoisotopic (exact) mass is 315 g/mol. The van der Waals surface area contributed by atoms with Crippen LogP contribution in [0.4, 0.5) is 5.69 Å². The number of nitrogens with one attached hydrogen (secondary N) is 1. The lowest BCUT2D eigenvalue weighted by molar-refractivity contribution is -0.147. The minimum absolute atomic E-state index is 0.299. The van der Waals surface area contributed by atoms with Crippen molar-refractivity contribution >= 4 is 27.6 Å². The minimum atomic E-state index is -0.815. The SMILES string of the molecule is CCOC(=O)C(C)(C)Nc1cc(Br)ccc1OC. The molecule has 0 fully saturated rings. The van der Waals surface area contributed by atoms with Crippen LogP contribution in [0.2, 0.25) is 0 Å². The van der Waals surface area contributed by atoms with Crippen LogP contribution in [-0.2, 0) is 9.53 Å². The largest absolute Gasteiger partial charge is 0.495 e. The van der Waals surface area contributed by atoms with Crippen LogP contribution in [0.5, 0.6) is 5.75 Å². The summed E-state index contributed by atoms with van der Waals surface area (Å²) in [6, 6.07) is 5.56. The molecule has 0 radical (unpaired) electrons. The van der Waals surface area contributed by atoms with Gasteiger partial charge in [0.05, 0.1) is 19.4 Å². The van der Waals surface area contributed by atoms with E-state index in [2.05, 4.69) is 21.2 Å². The summed E-state index contributed by atoms with van der Waals surface area (Å²) in [5.41, 5.74) is -0.0747. The van der Waals surface area contributed by atoms with Gasteiger partial charge in [-0.25, -0.2) is 4.79 Å². The van der Waals surface area contributed by atoms with E-state index in [0.29, 0.717) is 12.4 Å². The van der Waals surface area contributed by atoms with Gasteiger partial charge in [0.1, 0.15) is 11.3 Å². The summed E-state index contributed by atoms with van der Waals surface area (Å²) in [6.45, 7) is 5.68. The van der Waals surface area contributed by atoms with Crippen LogP contribution in [0.25, 0.3) is 0 Å². The number of benzene rings is 1. The maximum Gasteiger partial charge on any atom is 0.331 e. The number of halogens is 1. The molecule has 0 atom stereocenters. The van der Waals surface area contributed by atoms with Gasteiger partial charge >= 0.3 is 5.97 Å². The Morgan fingerprint density at radius 1 is 1.44 bits per heavy atom. The van der Waals surface area contributed by atoms with E-state index in [1.165, 1.54) is 0 Å². The summed E-state index contributed by atoms with van der Waals surface area (Å²) >= 11 is 3.39. The van der Waals surface area contributed by atoms with E-state index in [0.717, 1.165) is 10.2 Å². The van der Waals surface area contributed by atoms with Gasteiger partial charge in [0.15, 0.2) is 0 Å². The first kappa shape index (κ1) is 14.8. The normalized spacial score (nSPS) is 10.9. The molecule has 1 rings (SSSR count). The average Bonchev–Trinajstić information content (AvgIpc) is 2.29. The number of carbonyl (C=O) groups is 1. The lowest BCUT2D eigenvalue weighted by atomic mass is 10.1. The number of carbonyl (C=O) groups excluding carboxylic acids is 1. The van der Waals surface area contributed by atoms with Crippen molar-refractivity contribution in [2.24, 2.45) is 0 Å². The standard InChI is InChI=1S/C13H18BrNO3/c1-5-18-12(16)13(2,3)15-10-8-9(14)6-7-11(10)17-4/h6-8,15H,5H2,1-4H3. The first-order valence-electron chi connectivity index (χ1n) is 5.69. The summed E-state index contributed by atoms with van der Waals surface area (Å²) in [5.74, 6) is 0.377. The highest BCUT2D eigenvalue weighted by molar-refractivity contribution is 9.10. The fourth-order valence-corrected chi connectivity index (χ4v) is 1.84. The van der Waals surface area contributed by atoms with Gasteiger partial charge < -0.3 is 14.8 Å². The number of methoxy groups -OCH3 is 1. The van der Waals surface area contributed by atoms with Crippen molar-refractivity contribution in [3.8, 4) is 5.75 Å². The molecule has 18 heavy (non-hydrogen) atoms. The van der Waals surface area contributed by atoms with Gasteiger partial charge in [-0.15, -0.1) is 0 Å². The van der Waals surface area contributed by atoms with Gasteiger partial charge in [-0.2, -0.15) is 0 Å². The second-order valence-electron chi connectivity index (χ2n) is 4.32. The van der Waals surface area contributed by atoms with E-state index < -0.39 is 5.54 Å². The summed E-state index contributed by atoms with van der Waals surface area (Å²) in [6.07, 6.45) is 0. The number of hydrogen-bond donors (Lipinski definition) is 1. The highest BCUT2D eigenvalue weighted by Gasteiger charge is 2.29. The van der Waals surface area contributed by atoms with Gasteiger partial charge in [-0.05, 0) is 39.0 Å². The molecule has 0 aliphatic rings. The Morgan fingerprint density at radius 3 is 2.67 bits per heavy atom. The molecule has 0 spiro atoms. The molecule has 1 aromatic carbocycles. The molecule has 100 valence electrons. The van der Waals surface area contributed by atoms with Crippen LogP contribution >= 0.6 is 15.9 Å². The smallest absolute Gasteiger partial charge is 0.331 e. The number of esters is 1. The molecule has 0 amide bonds. The lowest BCUT2D eigenvalue weighted by Gasteiger charge is -2.26. The topological polar surface area (TPSA) is 47.6 Å². The van der Waals surface area contributed by atoms with Crippen LogP contribution in [0.15, 0.2) is 22.7 Å². The Balaban J connectivity index is 2.95. The molecule has 1 N–H and O–H groups in total. The van der Waals surface area contributed by atoms with Crippen LogP contribution in [0.3, 0.4) is 0 Å². The molecule has 0 saturated carbocycles. The number of anilines is 1. The van der Waals surface area contributed by atoms with Crippen LogP contribution in [0, 0.1) is 0 Å². The highest BCUT2D eigenvalue weighted by atomic mass is 79.9. The third-order valence-electron chi connectivity index (χ3n) is 2.39. The maximum atomic E-state index is 11.8. The van der Waals surface area contributed by atoms with Gasteiger partial charge in [-0.1, -0.05) is 15.9 Å². The average molecular weight is 316 g/mol.